The van der Waals surface area contributed by atoms with Crippen LogP contribution in [0.1, 0.15) is 10.4 Å². The lowest BCUT2D eigenvalue weighted by molar-refractivity contribution is -0.280. The second-order valence-corrected chi connectivity index (χ2v) is 7.28. The highest BCUT2D eigenvalue weighted by Gasteiger charge is 2.77. The molecule has 0 saturated carbocycles. The molecule has 0 spiro atoms. The monoisotopic (exact) mass is 535 g/mol. The largest absolute Gasteiger partial charge is 0.443 e. The minimum absolute atomic E-state index is 0.543. The molecular formula is C15H5ClF11N3O2S. The molecule has 0 saturated heterocycles. The summed E-state index contributed by atoms with van der Waals surface area (Å²) in [6.45, 7) is 0. The first-order valence-electron chi connectivity index (χ1n) is 7.78. The number of amides is 3. The molecule has 0 atom stereocenters. The van der Waals surface area contributed by atoms with E-state index in [0.717, 1.165) is 17.4 Å². The Kier molecular flexibility index (Phi) is 7.00. The first-order valence-corrected chi connectivity index (χ1v) is 8.97. The van der Waals surface area contributed by atoms with Gasteiger partial charge in [0.1, 0.15) is 5.82 Å². The highest BCUT2D eigenvalue weighted by molar-refractivity contribution is 8.17. The third kappa shape index (κ3) is 5.02. The van der Waals surface area contributed by atoms with Gasteiger partial charge in [-0.05, 0) is 12.1 Å². The van der Waals surface area contributed by atoms with Gasteiger partial charge in [0.05, 0.1) is 15.5 Å². The van der Waals surface area contributed by atoms with Gasteiger partial charge in [0.15, 0.2) is 5.17 Å². The second-order valence-electron chi connectivity index (χ2n) is 5.87. The van der Waals surface area contributed by atoms with Crippen LogP contribution in [0.2, 0.25) is 5.02 Å². The Bertz CT molecular complexity index is 1010. The molecule has 18 heteroatoms. The molecule has 2 N–H and O–H groups in total. The first-order chi connectivity index (χ1) is 14.8. The molecule has 0 radical (unpaired) electrons. The van der Waals surface area contributed by atoms with Crippen LogP contribution in [0.4, 0.5) is 53.1 Å². The van der Waals surface area contributed by atoms with E-state index in [0.29, 0.717) is 6.07 Å². The molecule has 1 aliphatic heterocycles. The number of allylic oxidation sites excluding steroid dienone is 1. The average molecular weight is 536 g/mol. The van der Waals surface area contributed by atoms with Crippen LogP contribution in [-0.4, -0.2) is 41.2 Å². The van der Waals surface area contributed by atoms with Gasteiger partial charge in [0, 0.05) is 0 Å². The predicted octanol–water partition coefficient (Wildman–Crippen LogP) is 5.63. The van der Waals surface area contributed by atoms with E-state index in [1.807, 2.05) is 0 Å². The van der Waals surface area contributed by atoms with E-state index in [1.54, 1.807) is 0 Å². The van der Waals surface area contributed by atoms with E-state index in [2.05, 4.69) is 4.99 Å². The Morgan fingerprint density at radius 3 is 2.00 bits per heavy atom. The molecule has 0 fully saturated rings. The molecule has 0 aliphatic carbocycles. The van der Waals surface area contributed by atoms with Gasteiger partial charge in [-0.2, -0.15) is 39.5 Å². The maximum Gasteiger partial charge on any atom is 0.443 e. The topological polar surface area (TPSA) is 70.6 Å². The lowest BCUT2D eigenvalue weighted by atomic mass is 9.97. The number of nitrogens with one attached hydrogen (secondary N) is 2. The Morgan fingerprint density at radius 1 is 1.00 bits per heavy atom. The summed E-state index contributed by atoms with van der Waals surface area (Å²) in [7, 11) is 0. The van der Waals surface area contributed by atoms with Gasteiger partial charge in [-0.1, -0.05) is 29.4 Å². The summed E-state index contributed by atoms with van der Waals surface area (Å²) in [5, 5.41) is 0.113. The number of hydrogen-bond acceptors (Lipinski definition) is 4. The lowest BCUT2D eigenvalue weighted by Crippen LogP contribution is -2.55. The quantitative estimate of drug-likeness (QED) is 0.458. The van der Waals surface area contributed by atoms with Gasteiger partial charge >= 0.3 is 24.6 Å². The number of rotatable bonds is 1. The molecular weight excluding hydrogens is 531 g/mol. The summed E-state index contributed by atoms with van der Waals surface area (Å²) in [6, 6.07) is 0.826. The van der Waals surface area contributed by atoms with Crippen LogP contribution >= 0.6 is 23.4 Å². The van der Waals surface area contributed by atoms with Crippen molar-refractivity contribution in [3.63, 3.8) is 0 Å². The van der Waals surface area contributed by atoms with E-state index >= 15 is 0 Å². The number of imide groups is 1. The fourth-order valence-electron chi connectivity index (χ4n) is 2.34. The molecule has 0 bridgehead atoms. The fourth-order valence-corrected chi connectivity index (χ4v) is 3.73. The van der Waals surface area contributed by atoms with Gasteiger partial charge in [0.25, 0.3) is 11.4 Å². The van der Waals surface area contributed by atoms with Gasteiger partial charge in [-0.15, -0.1) is 0 Å². The van der Waals surface area contributed by atoms with Crippen molar-refractivity contribution in [2.45, 2.75) is 24.1 Å². The molecule has 3 amide bonds. The second kappa shape index (κ2) is 8.66. The number of halogens is 12. The molecule has 2 rings (SSSR count). The lowest BCUT2D eigenvalue weighted by Gasteiger charge is -2.31. The van der Waals surface area contributed by atoms with Crippen LogP contribution in [0, 0.1) is 5.82 Å². The predicted molar refractivity (Wildman–Crippen MR) is 91.5 cm³/mol. The van der Waals surface area contributed by atoms with Crippen LogP contribution in [0.3, 0.4) is 0 Å². The maximum absolute atomic E-state index is 13.7. The summed E-state index contributed by atoms with van der Waals surface area (Å²) < 4.78 is 145. The molecule has 0 unspecified atom stereocenters. The number of benzene rings is 1. The van der Waals surface area contributed by atoms with E-state index in [1.165, 1.54) is 5.32 Å². The van der Waals surface area contributed by atoms with Crippen molar-refractivity contribution in [3.05, 3.63) is 45.3 Å². The van der Waals surface area contributed by atoms with Crippen molar-refractivity contribution in [2.75, 3.05) is 0 Å². The fraction of sp³-hybridized carbons (Fsp3) is 0.267. The van der Waals surface area contributed by atoms with Crippen LogP contribution in [0.15, 0.2) is 33.9 Å². The number of hydrogen-bond donors (Lipinski definition) is 2. The van der Waals surface area contributed by atoms with E-state index in [-0.39, 0.29) is 0 Å². The van der Waals surface area contributed by atoms with E-state index in [4.69, 9.17) is 11.6 Å². The van der Waals surface area contributed by atoms with Crippen molar-refractivity contribution in [1.29, 1.82) is 0 Å². The zero-order valence-corrected chi connectivity index (χ0v) is 16.5. The number of nitrogens with zero attached hydrogens (tertiary/aromatic N) is 1. The number of carbonyl (C=O) groups is 2. The SMILES string of the molecule is O=C(NC(=O)c1c(F)cccc1Cl)NC1=NC(C(F)(F)F)(C(F)(F)F)/C(=C(\F)C(F)(F)F)S1. The Morgan fingerprint density at radius 2 is 1.55 bits per heavy atom. The van der Waals surface area contributed by atoms with E-state index < -0.39 is 80.1 Å². The summed E-state index contributed by atoms with van der Waals surface area (Å²) in [5.41, 5.74) is -6.65. The number of aliphatic imine (C=N–C) groups is 1. The van der Waals surface area contributed by atoms with Crippen LogP contribution < -0.4 is 10.6 Å². The number of alkyl halides is 9. The molecule has 1 heterocycles. The highest BCUT2D eigenvalue weighted by atomic mass is 35.5. The number of amidine groups is 1. The van der Waals surface area contributed by atoms with Crippen molar-refractivity contribution >= 4 is 40.5 Å². The molecule has 0 aromatic heterocycles. The van der Waals surface area contributed by atoms with Crippen molar-refractivity contribution < 1.29 is 57.9 Å². The van der Waals surface area contributed by atoms with Crippen LogP contribution in [0.5, 0.6) is 0 Å². The first kappa shape index (κ1) is 26.7. The zero-order valence-electron chi connectivity index (χ0n) is 14.9. The van der Waals surface area contributed by atoms with E-state index in [9.17, 15) is 57.9 Å². The van der Waals surface area contributed by atoms with Crippen LogP contribution in [-0.2, 0) is 0 Å². The zero-order chi connectivity index (χ0) is 25.6. The average Bonchev–Trinajstić information content (AvgIpc) is 3.00. The smallest absolute Gasteiger partial charge is 0.286 e. The Hall–Kier alpha value is -2.56. The van der Waals surface area contributed by atoms with Gasteiger partial charge < -0.3 is 0 Å². The summed E-state index contributed by atoms with van der Waals surface area (Å²) in [5.74, 6) is -6.64. The normalized spacial score (nSPS) is 18.0. The Balaban J connectivity index is 2.45. The molecule has 5 nitrogen and oxygen atoms in total. The van der Waals surface area contributed by atoms with Gasteiger partial charge in [0.2, 0.25) is 5.83 Å². The summed E-state index contributed by atoms with van der Waals surface area (Å²) in [4.78, 5) is 22.8. The maximum atomic E-state index is 13.7. The molecule has 1 aromatic carbocycles. The third-order valence-corrected chi connectivity index (χ3v) is 5.08. The summed E-state index contributed by atoms with van der Waals surface area (Å²) >= 11 is 4.42. The number of carbonyl (C=O) groups excluding carboxylic acids is 2. The van der Waals surface area contributed by atoms with Gasteiger partial charge in [-0.25, -0.2) is 18.6 Å². The highest BCUT2D eigenvalue weighted by Crippen LogP contribution is 2.59. The van der Waals surface area contributed by atoms with Crippen molar-refractivity contribution in [3.8, 4) is 0 Å². The van der Waals surface area contributed by atoms with Crippen molar-refractivity contribution in [2.24, 2.45) is 4.99 Å². The Labute approximate surface area is 184 Å². The van der Waals surface area contributed by atoms with Crippen LogP contribution in [0.25, 0.3) is 0 Å². The summed E-state index contributed by atoms with van der Waals surface area (Å²) in [6.07, 6.45) is -19.5. The number of urea groups is 1. The molecule has 33 heavy (non-hydrogen) atoms. The standard InChI is InChI=1S/C15H5ClF11N3O2S/c16-4-2-1-3-5(17)6(4)9(31)28-10(32)29-11-30-12(14(22,23)24,15(25,26)27)8(33-11)7(18)13(19,20)21/h1-3H,(H2,28,29,30,31,32)/b8-7+. The minimum atomic E-state index is -6.63. The molecule has 1 aromatic rings. The minimum Gasteiger partial charge on any atom is -0.286 e. The molecule has 182 valence electrons. The third-order valence-electron chi connectivity index (χ3n) is 3.70. The molecule has 1 aliphatic rings. The van der Waals surface area contributed by atoms with Gasteiger partial charge in [-0.3, -0.25) is 15.4 Å². The van der Waals surface area contributed by atoms with Crippen molar-refractivity contribution in [1.82, 2.24) is 10.6 Å². The number of thioether (sulfide) groups is 1.